The fourth-order valence-corrected chi connectivity index (χ4v) is 3.01. The zero-order valence-electron chi connectivity index (χ0n) is 14.0. The van der Waals surface area contributed by atoms with Crippen LogP contribution in [0.3, 0.4) is 0 Å². The summed E-state index contributed by atoms with van der Waals surface area (Å²) in [7, 11) is -2.97. The maximum absolute atomic E-state index is 11.2. The topological polar surface area (TPSA) is 70.6 Å². The number of aryl methyl sites for hydroxylation is 1. The zero-order chi connectivity index (χ0) is 16.6. The van der Waals surface area contributed by atoms with Gasteiger partial charge < -0.3 is 10.6 Å². The lowest BCUT2D eigenvalue weighted by Gasteiger charge is -2.12. The van der Waals surface area contributed by atoms with Crippen molar-refractivity contribution < 1.29 is 8.42 Å². The molecule has 0 aliphatic heterocycles. The highest BCUT2D eigenvalue weighted by molar-refractivity contribution is 14.0. The summed E-state index contributed by atoms with van der Waals surface area (Å²) in [5, 5.41) is 6.17. The summed E-state index contributed by atoms with van der Waals surface area (Å²) in [6.07, 6.45) is 3.29. The molecule has 0 unspecified atom stereocenters. The number of sulfone groups is 1. The Morgan fingerprint density at radius 3 is 2.57 bits per heavy atom. The fourth-order valence-electron chi connectivity index (χ4n) is 1.84. The van der Waals surface area contributed by atoms with Gasteiger partial charge in [0.25, 0.3) is 0 Å². The van der Waals surface area contributed by atoms with Gasteiger partial charge in [0.15, 0.2) is 5.96 Å². The van der Waals surface area contributed by atoms with Gasteiger partial charge in [-0.25, -0.2) is 13.4 Å². The molecular formula is C15H26IN3O2S2. The molecule has 0 aliphatic rings. The lowest BCUT2D eigenvalue weighted by atomic mass is 10.1. The van der Waals surface area contributed by atoms with E-state index in [2.05, 4.69) is 47.0 Å². The van der Waals surface area contributed by atoms with Crippen LogP contribution in [0.25, 0.3) is 0 Å². The molecule has 8 heteroatoms. The van der Waals surface area contributed by atoms with E-state index in [1.54, 1.807) is 11.8 Å². The van der Waals surface area contributed by atoms with Crippen LogP contribution in [-0.4, -0.2) is 45.7 Å². The highest BCUT2D eigenvalue weighted by atomic mass is 127. The average Bonchev–Trinajstić information content (AvgIpc) is 2.44. The molecule has 2 N–H and O–H groups in total. The number of aliphatic imine (C=N–C) groups is 1. The maximum Gasteiger partial charge on any atom is 0.191 e. The van der Waals surface area contributed by atoms with Gasteiger partial charge in [-0.3, -0.25) is 0 Å². The van der Waals surface area contributed by atoms with Gasteiger partial charge in [0.2, 0.25) is 0 Å². The van der Waals surface area contributed by atoms with E-state index in [-0.39, 0.29) is 29.7 Å². The highest BCUT2D eigenvalue weighted by Crippen LogP contribution is 2.22. The van der Waals surface area contributed by atoms with Gasteiger partial charge in [0, 0.05) is 24.2 Å². The van der Waals surface area contributed by atoms with E-state index in [0.717, 1.165) is 6.54 Å². The number of nitrogens with zero attached hydrogens (tertiary/aromatic N) is 1. The summed E-state index contributed by atoms with van der Waals surface area (Å²) in [5.41, 5.74) is 2.40. The van der Waals surface area contributed by atoms with E-state index < -0.39 is 9.84 Å². The molecule has 0 bridgehead atoms. The van der Waals surface area contributed by atoms with Crippen LogP contribution in [0.1, 0.15) is 18.1 Å². The van der Waals surface area contributed by atoms with Crippen molar-refractivity contribution in [3.63, 3.8) is 0 Å². The molecular weight excluding hydrogens is 445 g/mol. The Labute approximate surface area is 161 Å². The van der Waals surface area contributed by atoms with Crippen LogP contribution in [0.2, 0.25) is 0 Å². The number of halogens is 1. The monoisotopic (exact) mass is 471 g/mol. The smallest absolute Gasteiger partial charge is 0.191 e. The second-order valence-electron chi connectivity index (χ2n) is 5.07. The molecule has 0 saturated carbocycles. The standard InChI is InChI=1S/C15H25N3O2S2.HI/c1-5-16-15(17-8-9-22(4,19)20)18-11-13-7-6-12(2)10-14(13)21-3;/h6-7,10H,5,8-9,11H2,1-4H3,(H2,16,17,18);1H. The number of hydrogen-bond donors (Lipinski definition) is 2. The largest absolute Gasteiger partial charge is 0.357 e. The van der Waals surface area contributed by atoms with Crippen molar-refractivity contribution in [1.82, 2.24) is 10.6 Å². The van der Waals surface area contributed by atoms with Crippen LogP contribution in [-0.2, 0) is 16.4 Å². The molecule has 132 valence electrons. The summed E-state index contributed by atoms with van der Waals surface area (Å²) in [5.74, 6) is 0.733. The van der Waals surface area contributed by atoms with E-state index in [1.807, 2.05) is 6.92 Å². The Kier molecular flexibility index (Phi) is 10.9. The Morgan fingerprint density at radius 1 is 1.30 bits per heavy atom. The van der Waals surface area contributed by atoms with Crippen LogP contribution in [0.5, 0.6) is 0 Å². The van der Waals surface area contributed by atoms with Gasteiger partial charge in [-0.2, -0.15) is 0 Å². The van der Waals surface area contributed by atoms with Crippen molar-refractivity contribution in [3.05, 3.63) is 29.3 Å². The van der Waals surface area contributed by atoms with Crippen LogP contribution >= 0.6 is 35.7 Å². The zero-order valence-corrected chi connectivity index (χ0v) is 18.0. The van der Waals surface area contributed by atoms with Crippen molar-refractivity contribution in [3.8, 4) is 0 Å². The molecule has 0 radical (unpaired) electrons. The summed E-state index contributed by atoms with van der Waals surface area (Å²) in [6.45, 7) is 5.70. The van der Waals surface area contributed by atoms with Crippen LogP contribution in [0.4, 0.5) is 0 Å². The number of rotatable bonds is 7. The SMILES string of the molecule is CCNC(=NCc1ccc(C)cc1SC)NCCS(C)(=O)=O.I. The minimum atomic E-state index is -2.97. The third-order valence-corrected chi connectivity index (χ3v) is 4.73. The number of guanidine groups is 1. The van der Waals surface area contributed by atoms with Gasteiger partial charge in [0.1, 0.15) is 9.84 Å². The second-order valence-corrected chi connectivity index (χ2v) is 8.17. The van der Waals surface area contributed by atoms with Crippen LogP contribution < -0.4 is 10.6 Å². The first-order valence-corrected chi connectivity index (χ1v) is 10.5. The lowest BCUT2D eigenvalue weighted by Crippen LogP contribution is -2.39. The lowest BCUT2D eigenvalue weighted by molar-refractivity contribution is 0.600. The maximum atomic E-state index is 11.2. The van der Waals surface area contributed by atoms with E-state index in [0.29, 0.717) is 19.0 Å². The predicted molar refractivity (Wildman–Crippen MR) is 111 cm³/mol. The van der Waals surface area contributed by atoms with E-state index in [4.69, 9.17) is 0 Å². The van der Waals surface area contributed by atoms with Crippen molar-refractivity contribution >= 4 is 51.5 Å². The van der Waals surface area contributed by atoms with Crippen molar-refractivity contribution in [2.75, 3.05) is 31.4 Å². The predicted octanol–water partition coefficient (Wildman–Crippen LogP) is 2.43. The molecule has 0 fully saturated rings. The first-order valence-electron chi connectivity index (χ1n) is 7.19. The summed E-state index contributed by atoms with van der Waals surface area (Å²) >= 11 is 1.71. The average molecular weight is 471 g/mol. The Morgan fingerprint density at radius 2 is 2.00 bits per heavy atom. The summed E-state index contributed by atoms with van der Waals surface area (Å²) < 4.78 is 22.3. The van der Waals surface area contributed by atoms with Crippen LogP contribution in [0, 0.1) is 6.92 Å². The minimum Gasteiger partial charge on any atom is -0.357 e. The van der Waals surface area contributed by atoms with Crippen molar-refractivity contribution in [1.29, 1.82) is 0 Å². The number of thioether (sulfide) groups is 1. The van der Waals surface area contributed by atoms with E-state index in [1.165, 1.54) is 22.3 Å². The van der Waals surface area contributed by atoms with Gasteiger partial charge in [0.05, 0.1) is 12.3 Å². The van der Waals surface area contributed by atoms with Crippen molar-refractivity contribution in [2.45, 2.75) is 25.3 Å². The number of benzene rings is 1. The molecule has 0 amide bonds. The van der Waals surface area contributed by atoms with Gasteiger partial charge in [-0.15, -0.1) is 35.7 Å². The van der Waals surface area contributed by atoms with Gasteiger partial charge in [-0.05, 0) is 37.3 Å². The second kappa shape index (κ2) is 11.1. The minimum absolute atomic E-state index is 0. The quantitative estimate of drug-likeness (QED) is 0.277. The summed E-state index contributed by atoms with van der Waals surface area (Å²) in [4.78, 5) is 5.75. The number of hydrogen-bond acceptors (Lipinski definition) is 4. The molecule has 5 nitrogen and oxygen atoms in total. The molecule has 0 spiro atoms. The number of nitrogens with one attached hydrogen (secondary N) is 2. The molecule has 1 rings (SSSR count). The molecule has 0 aliphatic carbocycles. The molecule has 0 aromatic heterocycles. The first kappa shape index (κ1) is 22.5. The van der Waals surface area contributed by atoms with Gasteiger partial charge >= 0.3 is 0 Å². The molecule has 23 heavy (non-hydrogen) atoms. The normalized spacial score (nSPS) is 11.7. The highest BCUT2D eigenvalue weighted by Gasteiger charge is 2.05. The Bertz CT molecular complexity index is 619. The third kappa shape index (κ3) is 9.41. The fraction of sp³-hybridized carbons (Fsp3) is 0.533. The third-order valence-electron chi connectivity index (χ3n) is 2.96. The summed E-state index contributed by atoms with van der Waals surface area (Å²) in [6, 6.07) is 6.32. The molecule has 0 atom stereocenters. The molecule has 0 heterocycles. The van der Waals surface area contributed by atoms with E-state index in [9.17, 15) is 8.42 Å². The molecule has 0 saturated heterocycles. The van der Waals surface area contributed by atoms with Crippen LogP contribution in [0.15, 0.2) is 28.1 Å². The molecule has 1 aromatic carbocycles. The molecule has 1 aromatic rings. The van der Waals surface area contributed by atoms with Crippen molar-refractivity contribution in [2.24, 2.45) is 4.99 Å². The van der Waals surface area contributed by atoms with Gasteiger partial charge in [-0.1, -0.05) is 12.1 Å². The van der Waals surface area contributed by atoms with E-state index >= 15 is 0 Å². The first-order chi connectivity index (χ1) is 10.4. The Balaban J connectivity index is 0.00000484. The Hall–Kier alpha value is -0.480.